The number of halogens is 1. The summed E-state index contributed by atoms with van der Waals surface area (Å²) in [5.41, 5.74) is 1.38. The fourth-order valence-electron chi connectivity index (χ4n) is 2.93. The van der Waals surface area contributed by atoms with Gasteiger partial charge in [-0.1, -0.05) is 42.6 Å². The first kappa shape index (κ1) is 16.7. The quantitative estimate of drug-likeness (QED) is 0.867. The van der Waals surface area contributed by atoms with Crippen molar-refractivity contribution in [2.45, 2.75) is 45.2 Å². The van der Waals surface area contributed by atoms with E-state index in [2.05, 4.69) is 20.6 Å². The summed E-state index contributed by atoms with van der Waals surface area (Å²) < 4.78 is 0. The van der Waals surface area contributed by atoms with Crippen molar-refractivity contribution >= 4 is 23.3 Å². The molecule has 1 aromatic carbocycles. The summed E-state index contributed by atoms with van der Waals surface area (Å²) in [6, 6.07) is 9.60. The Balaban J connectivity index is 1.69. The van der Waals surface area contributed by atoms with Crippen LogP contribution in [0.3, 0.4) is 0 Å². The lowest BCUT2D eigenvalue weighted by atomic mass is 10.2. The van der Waals surface area contributed by atoms with Crippen LogP contribution in [0.4, 0.5) is 5.82 Å². The van der Waals surface area contributed by atoms with Gasteiger partial charge >= 0.3 is 0 Å². The smallest absolute Gasteiger partial charge is 0.270 e. The van der Waals surface area contributed by atoms with E-state index in [-0.39, 0.29) is 11.9 Å². The van der Waals surface area contributed by atoms with Crippen molar-refractivity contribution in [2.24, 2.45) is 0 Å². The molecule has 0 bridgehead atoms. The molecule has 24 heavy (non-hydrogen) atoms. The summed E-state index contributed by atoms with van der Waals surface area (Å²) in [6.45, 7) is 2.33. The summed E-state index contributed by atoms with van der Waals surface area (Å²) in [4.78, 5) is 21.0. The predicted octanol–water partition coefficient (Wildman–Crippen LogP) is 3.72. The molecule has 1 aliphatic carbocycles. The number of nitrogens with zero attached hydrogens (tertiary/aromatic N) is 2. The number of aromatic nitrogens is 2. The van der Waals surface area contributed by atoms with E-state index in [0.29, 0.717) is 28.9 Å². The van der Waals surface area contributed by atoms with Crippen molar-refractivity contribution in [1.82, 2.24) is 15.3 Å². The lowest BCUT2D eigenvalue weighted by molar-refractivity contribution is 0.0932. The third-order valence-corrected chi connectivity index (χ3v) is 4.55. The Hall–Kier alpha value is -2.14. The third-order valence-electron chi connectivity index (χ3n) is 4.18. The Morgan fingerprint density at radius 1 is 1.25 bits per heavy atom. The van der Waals surface area contributed by atoms with Crippen molar-refractivity contribution in [1.29, 1.82) is 0 Å². The molecule has 1 saturated carbocycles. The van der Waals surface area contributed by atoms with Gasteiger partial charge in [-0.15, -0.1) is 0 Å². The summed E-state index contributed by atoms with van der Waals surface area (Å²) in [6.07, 6.45) is 4.46. The van der Waals surface area contributed by atoms with E-state index in [9.17, 15) is 4.79 Å². The van der Waals surface area contributed by atoms with Gasteiger partial charge in [0.05, 0.1) is 0 Å². The zero-order valence-corrected chi connectivity index (χ0v) is 14.4. The van der Waals surface area contributed by atoms with Crippen molar-refractivity contribution in [3.8, 4) is 0 Å². The van der Waals surface area contributed by atoms with E-state index in [1.807, 2.05) is 24.3 Å². The van der Waals surface area contributed by atoms with E-state index in [0.717, 1.165) is 18.4 Å². The van der Waals surface area contributed by atoms with Crippen LogP contribution in [-0.4, -0.2) is 21.9 Å². The minimum Gasteiger partial charge on any atom is -0.366 e. The summed E-state index contributed by atoms with van der Waals surface area (Å²) in [5.74, 6) is 1.06. The van der Waals surface area contributed by atoms with Gasteiger partial charge in [0.25, 0.3) is 5.91 Å². The molecule has 126 valence electrons. The van der Waals surface area contributed by atoms with E-state index in [1.165, 1.54) is 12.8 Å². The standard InChI is InChI=1S/C18H21ClN4O/c1-12-21-16(18(24)23-14-7-3-4-8-14)10-17(22-12)20-11-13-6-2-5-9-15(13)19/h2,5-6,9-10,14H,3-4,7-8,11H2,1H3,(H,23,24)(H,20,21,22). The van der Waals surface area contributed by atoms with Crippen LogP contribution in [0.2, 0.25) is 5.02 Å². The SMILES string of the molecule is Cc1nc(NCc2ccccc2Cl)cc(C(=O)NC2CCCC2)n1. The molecule has 5 nitrogen and oxygen atoms in total. The van der Waals surface area contributed by atoms with Crippen LogP contribution in [0, 0.1) is 6.92 Å². The lowest BCUT2D eigenvalue weighted by Gasteiger charge is -2.13. The molecule has 0 aliphatic heterocycles. The van der Waals surface area contributed by atoms with Crippen molar-refractivity contribution in [2.75, 3.05) is 5.32 Å². The topological polar surface area (TPSA) is 66.9 Å². The first-order chi connectivity index (χ1) is 11.6. The Morgan fingerprint density at radius 2 is 2.00 bits per heavy atom. The maximum Gasteiger partial charge on any atom is 0.270 e. The highest BCUT2D eigenvalue weighted by Crippen LogP contribution is 2.19. The molecular formula is C18H21ClN4O. The van der Waals surface area contributed by atoms with E-state index < -0.39 is 0 Å². The lowest BCUT2D eigenvalue weighted by Crippen LogP contribution is -2.33. The number of amides is 1. The Morgan fingerprint density at radius 3 is 2.75 bits per heavy atom. The molecule has 3 rings (SSSR count). The second-order valence-electron chi connectivity index (χ2n) is 6.09. The molecule has 0 radical (unpaired) electrons. The highest BCUT2D eigenvalue weighted by atomic mass is 35.5. The fraction of sp³-hybridized carbons (Fsp3) is 0.389. The first-order valence-corrected chi connectivity index (χ1v) is 8.63. The molecule has 6 heteroatoms. The molecule has 1 fully saturated rings. The Labute approximate surface area is 146 Å². The number of anilines is 1. The third kappa shape index (κ3) is 4.23. The molecule has 2 N–H and O–H groups in total. The van der Waals surface area contributed by atoms with Gasteiger partial charge in [0.1, 0.15) is 17.3 Å². The summed E-state index contributed by atoms with van der Waals surface area (Å²) in [7, 11) is 0. The second-order valence-corrected chi connectivity index (χ2v) is 6.49. The number of rotatable bonds is 5. The Kier molecular flexibility index (Phi) is 5.30. The minimum absolute atomic E-state index is 0.131. The molecule has 0 spiro atoms. The number of aryl methyl sites for hydroxylation is 1. The van der Waals surface area contributed by atoms with Gasteiger partial charge in [-0.3, -0.25) is 4.79 Å². The van der Waals surface area contributed by atoms with Crippen molar-refractivity contribution < 1.29 is 4.79 Å². The average Bonchev–Trinajstić information content (AvgIpc) is 3.06. The number of hydrogen-bond acceptors (Lipinski definition) is 4. The largest absolute Gasteiger partial charge is 0.366 e. The van der Waals surface area contributed by atoms with Crippen LogP contribution in [-0.2, 0) is 6.54 Å². The number of carbonyl (C=O) groups excluding carboxylic acids is 1. The van der Waals surface area contributed by atoms with Gasteiger partial charge in [0.2, 0.25) is 0 Å². The minimum atomic E-state index is -0.131. The molecule has 1 heterocycles. The van der Waals surface area contributed by atoms with Crippen LogP contribution >= 0.6 is 11.6 Å². The maximum atomic E-state index is 12.4. The van der Waals surface area contributed by atoms with Gasteiger partial charge in [0, 0.05) is 23.7 Å². The van der Waals surface area contributed by atoms with Crippen LogP contribution in [0.1, 0.15) is 47.6 Å². The molecule has 1 amide bonds. The van der Waals surface area contributed by atoms with Crippen molar-refractivity contribution in [3.63, 3.8) is 0 Å². The van der Waals surface area contributed by atoms with Gasteiger partial charge in [-0.25, -0.2) is 9.97 Å². The van der Waals surface area contributed by atoms with Crippen LogP contribution in [0.15, 0.2) is 30.3 Å². The zero-order chi connectivity index (χ0) is 16.9. The molecule has 0 unspecified atom stereocenters. The van der Waals surface area contributed by atoms with Gasteiger partial charge in [0.15, 0.2) is 0 Å². The zero-order valence-electron chi connectivity index (χ0n) is 13.7. The number of benzene rings is 1. The fourth-order valence-corrected chi connectivity index (χ4v) is 3.13. The number of hydrogen-bond donors (Lipinski definition) is 2. The van der Waals surface area contributed by atoms with Gasteiger partial charge < -0.3 is 10.6 Å². The molecule has 2 aromatic rings. The number of carbonyl (C=O) groups is 1. The van der Waals surface area contributed by atoms with Crippen molar-refractivity contribution in [3.05, 3.63) is 52.4 Å². The summed E-state index contributed by atoms with van der Waals surface area (Å²) in [5, 5.41) is 6.97. The number of nitrogens with one attached hydrogen (secondary N) is 2. The Bertz CT molecular complexity index is 729. The van der Waals surface area contributed by atoms with E-state index in [1.54, 1.807) is 13.0 Å². The molecule has 1 aromatic heterocycles. The van der Waals surface area contributed by atoms with Crippen LogP contribution < -0.4 is 10.6 Å². The molecular weight excluding hydrogens is 324 g/mol. The summed E-state index contributed by atoms with van der Waals surface area (Å²) >= 11 is 6.16. The molecule has 0 atom stereocenters. The van der Waals surface area contributed by atoms with Gasteiger partial charge in [-0.05, 0) is 31.4 Å². The monoisotopic (exact) mass is 344 g/mol. The van der Waals surface area contributed by atoms with Crippen LogP contribution in [0.5, 0.6) is 0 Å². The average molecular weight is 345 g/mol. The second kappa shape index (κ2) is 7.62. The highest BCUT2D eigenvalue weighted by Gasteiger charge is 2.19. The predicted molar refractivity (Wildman–Crippen MR) is 95.3 cm³/mol. The maximum absolute atomic E-state index is 12.4. The van der Waals surface area contributed by atoms with E-state index >= 15 is 0 Å². The normalized spacial score (nSPS) is 14.6. The molecule has 1 aliphatic rings. The first-order valence-electron chi connectivity index (χ1n) is 8.25. The van der Waals surface area contributed by atoms with Crippen LogP contribution in [0.25, 0.3) is 0 Å². The van der Waals surface area contributed by atoms with E-state index in [4.69, 9.17) is 11.6 Å². The van der Waals surface area contributed by atoms with Gasteiger partial charge in [-0.2, -0.15) is 0 Å². The highest BCUT2D eigenvalue weighted by molar-refractivity contribution is 6.31. The molecule has 0 saturated heterocycles.